The number of likely N-dealkylation sites (N-methyl/N-ethyl adjacent to an activating group) is 1. The van der Waals surface area contributed by atoms with Crippen LogP contribution >= 0.6 is 0 Å². The van der Waals surface area contributed by atoms with E-state index in [-0.39, 0.29) is 50.5 Å². The van der Waals surface area contributed by atoms with Gasteiger partial charge in [0.2, 0.25) is 0 Å². The van der Waals surface area contributed by atoms with Crippen molar-refractivity contribution < 1.29 is 53.4 Å². The van der Waals surface area contributed by atoms with Crippen LogP contribution in [0.2, 0.25) is 0 Å². The number of ketones is 1. The second-order valence-corrected chi connectivity index (χ2v) is 17.1. The lowest BCUT2D eigenvalue weighted by Gasteiger charge is -2.48. The van der Waals surface area contributed by atoms with Crippen LogP contribution < -0.4 is 5.73 Å². The summed E-state index contributed by atoms with van der Waals surface area (Å²) in [4.78, 5) is 40.3. The third kappa shape index (κ3) is 10.1. The summed E-state index contributed by atoms with van der Waals surface area (Å²) in [6, 6.07) is 4.96. The Hall–Kier alpha value is -3.55. The van der Waals surface area contributed by atoms with Gasteiger partial charge in [-0.3, -0.25) is 14.6 Å². The average Bonchev–Trinajstić information content (AvgIpc) is 3.62. The lowest BCUT2D eigenvalue weighted by molar-refractivity contribution is -0.297. The zero-order valence-corrected chi connectivity index (χ0v) is 35.5. The Morgan fingerprint density at radius 3 is 2.41 bits per heavy atom. The number of pyridine rings is 1. The first-order chi connectivity index (χ1) is 27.3. The minimum Gasteiger partial charge on any atom is -0.459 e. The van der Waals surface area contributed by atoms with Crippen molar-refractivity contribution in [2.75, 3.05) is 33.0 Å². The highest BCUT2D eigenvalue weighted by Crippen LogP contribution is 2.40. The predicted octanol–water partition coefficient (Wildman–Crippen LogP) is 2.66. The van der Waals surface area contributed by atoms with Crippen molar-refractivity contribution in [1.29, 1.82) is 0 Å². The summed E-state index contributed by atoms with van der Waals surface area (Å²) in [7, 11) is 3.73. The van der Waals surface area contributed by atoms with Crippen molar-refractivity contribution in [1.82, 2.24) is 19.7 Å². The van der Waals surface area contributed by atoms with Crippen molar-refractivity contribution in [3.05, 3.63) is 36.3 Å². The van der Waals surface area contributed by atoms with Crippen molar-refractivity contribution in [3.63, 3.8) is 0 Å². The number of nitrogens with zero attached hydrogens (tertiary/aromatic N) is 5. The van der Waals surface area contributed by atoms with Gasteiger partial charge in [0.05, 0.1) is 60.8 Å². The van der Waals surface area contributed by atoms with Crippen LogP contribution in [0.25, 0.3) is 5.69 Å². The van der Waals surface area contributed by atoms with Gasteiger partial charge in [-0.2, -0.15) is 5.10 Å². The number of aliphatic hydroxyl groups is 3. The summed E-state index contributed by atoms with van der Waals surface area (Å²) >= 11 is 0. The number of nitrogen functional groups attached to an aromatic ring is 1. The van der Waals surface area contributed by atoms with Crippen molar-refractivity contribution in [3.8, 4) is 5.69 Å². The molecule has 3 aliphatic rings. The second-order valence-electron chi connectivity index (χ2n) is 17.1. The Balaban J connectivity index is 1.56. The number of hydrogen-bond donors (Lipinski definition) is 4. The van der Waals surface area contributed by atoms with Gasteiger partial charge >= 0.3 is 5.97 Å². The molecule has 0 amide bonds. The van der Waals surface area contributed by atoms with Gasteiger partial charge in [0.15, 0.2) is 18.7 Å². The number of esters is 1. The number of aliphatic hydroxyl groups excluding tert-OH is 2. The number of fused-ring (bicyclic) bond motifs is 5. The first-order valence-electron chi connectivity index (χ1n) is 20.3. The minimum absolute atomic E-state index is 0.0132. The number of anilines is 1. The molecule has 2 aromatic heterocycles. The molecule has 58 heavy (non-hydrogen) atoms. The van der Waals surface area contributed by atoms with E-state index < -0.39 is 83.4 Å². The molecule has 17 nitrogen and oxygen atoms in total. The van der Waals surface area contributed by atoms with Crippen LogP contribution in [0.5, 0.6) is 0 Å². The first-order valence-corrected chi connectivity index (χ1v) is 20.3. The van der Waals surface area contributed by atoms with Crippen molar-refractivity contribution in [2.45, 2.75) is 141 Å². The molecule has 3 saturated heterocycles. The number of oxime groups is 1. The number of aromatic nitrogens is 3. The minimum atomic E-state index is -1.82. The van der Waals surface area contributed by atoms with E-state index in [1.807, 2.05) is 38.9 Å². The second kappa shape index (κ2) is 18.8. The predicted molar refractivity (Wildman–Crippen MR) is 212 cm³/mol. The molecule has 3 aliphatic heterocycles. The van der Waals surface area contributed by atoms with Gasteiger partial charge in [0.1, 0.15) is 35.3 Å². The van der Waals surface area contributed by atoms with Crippen LogP contribution in [0.15, 0.2) is 35.7 Å². The van der Waals surface area contributed by atoms with E-state index in [9.17, 15) is 24.9 Å². The Morgan fingerprint density at radius 2 is 1.79 bits per heavy atom. The highest BCUT2D eigenvalue weighted by Gasteiger charge is 2.53. The summed E-state index contributed by atoms with van der Waals surface area (Å²) in [5.41, 5.74) is 4.13. The topological polar surface area (TPSA) is 223 Å². The molecule has 0 aromatic carbocycles. The maximum Gasteiger partial charge on any atom is 0.316 e. The molecule has 14 atom stereocenters. The molecule has 3 fully saturated rings. The maximum atomic E-state index is 14.4. The number of Topliss-reactive ketones (excluding diaryl/α,β-unsaturated/α-hetero) is 1. The fourth-order valence-electron chi connectivity index (χ4n) is 8.70. The molecule has 5 rings (SSSR count). The number of cyclic esters (lactones) is 1. The SMILES string of the molecule is CC[C@H]1OC(=O)[C@H](C)C(=O)[C@H](C)[C@@H](O[C@H]2O[C@H](C)C[C@H](N(C)C)[C@H]2O)[C@@]2(C)C[C@@H](C)[C@H](O)[C@H](C)C(OC/C(=N\OCc3ccc(-n4ccc(N)n4)cn3)CO2)[C@]1(C)O. The van der Waals surface area contributed by atoms with Gasteiger partial charge in [0, 0.05) is 30.1 Å². The number of hydrogen-bond acceptors (Lipinski definition) is 16. The van der Waals surface area contributed by atoms with Crippen LogP contribution in [0.1, 0.15) is 80.3 Å². The van der Waals surface area contributed by atoms with E-state index in [1.54, 1.807) is 56.9 Å². The Kier molecular flexibility index (Phi) is 14.8. The standard InChI is InChI=1S/C41H64N6O11/c1-11-31-41(8,52)37-24(4)33(48)22(2)17-40(7,54-20-28(19-53-37)45-55-21-27-12-13-29(18-43-27)47-15-14-32(42)44-47)36(25(5)34(49)26(6)38(51)57-31)58-39-35(50)30(46(9)10)16-23(3)56-39/h12-15,18,22-26,30-31,33,35-37,39,48,50,52H,11,16-17,19-21H2,1-10H3,(H2,42,44)/b45-28+/t22-,23-,24+,25+,26-,30+,31-,33+,35-,36-,37?,39-,40-,41-/m1/s1. The van der Waals surface area contributed by atoms with Crippen LogP contribution in [-0.2, 0) is 44.7 Å². The van der Waals surface area contributed by atoms with Gasteiger partial charge in [-0.15, -0.1) is 0 Å². The van der Waals surface area contributed by atoms with Crippen molar-refractivity contribution in [2.24, 2.45) is 28.8 Å². The normalized spacial score (nSPS) is 39.1. The summed E-state index contributed by atoms with van der Waals surface area (Å²) in [6.07, 6.45) is -2.69. The van der Waals surface area contributed by atoms with Crippen LogP contribution in [0.3, 0.4) is 0 Å². The fourth-order valence-corrected chi connectivity index (χ4v) is 8.70. The monoisotopic (exact) mass is 816 g/mol. The van der Waals surface area contributed by atoms with Crippen LogP contribution in [-0.4, -0.2) is 140 Å². The Morgan fingerprint density at radius 1 is 1.07 bits per heavy atom. The zero-order valence-electron chi connectivity index (χ0n) is 35.5. The van der Waals surface area contributed by atoms with Gasteiger partial charge in [-0.05, 0) is 79.1 Å². The molecule has 1 unspecified atom stereocenters. The molecule has 0 saturated carbocycles. The van der Waals surface area contributed by atoms with Gasteiger partial charge in [-0.25, -0.2) is 4.68 Å². The van der Waals surface area contributed by atoms with E-state index in [1.165, 1.54) is 13.8 Å². The molecule has 17 heteroatoms. The van der Waals surface area contributed by atoms with Crippen LogP contribution in [0, 0.1) is 23.7 Å². The van der Waals surface area contributed by atoms with E-state index >= 15 is 0 Å². The summed E-state index contributed by atoms with van der Waals surface area (Å²) in [5, 5.41) is 44.4. The molecule has 0 radical (unpaired) electrons. The molecule has 5 heterocycles. The number of nitrogens with two attached hydrogens (primary N) is 1. The lowest BCUT2D eigenvalue weighted by Crippen LogP contribution is -2.60. The number of carbonyl (C=O) groups is 2. The third-order valence-corrected chi connectivity index (χ3v) is 12.1. The zero-order chi connectivity index (χ0) is 42.7. The molecular weight excluding hydrogens is 752 g/mol. The number of carbonyl (C=O) groups excluding carboxylic acids is 2. The molecule has 324 valence electrons. The molecule has 2 aromatic rings. The Labute approximate surface area is 341 Å². The molecular formula is C41H64N6O11. The number of rotatable bonds is 8. The molecule has 5 N–H and O–H groups in total. The molecule has 0 spiro atoms. The first kappa shape index (κ1) is 45.5. The largest absolute Gasteiger partial charge is 0.459 e. The summed E-state index contributed by atoms with van der Waals surface area (Å²) < 4.78 is 33.7. The fraction of sp³-hybridized carbons (Fsp3) is 0.732. The van der Waals surface area contributed by atoms with E-state index in [4.69, 9.17) is 34.3 Å². The highest BCUT2D eigenvalue weighted by molar-refractivity contribution is 6.00. The quantitative estimate of drug-likeness (QED) is 0.171. The highest BCUT2D eigenvalue weighted by atomic mass is 16.7. The summed E-state index contributed by atoms with van der Waals surface area (Å²) in [5.74, 6) is -4.41. The van der Waals surface area contributed by atoms with E-state index in [0.29, 0.717) is 23.6 Å². The Bertz CT molecular complexity index is 1720. The lowest BCUT2D eigenvalue weighted by atomic mass is 9.73. The molecule has 2 bridgehead atoms. The third-order valence-electron chi connectivity index (χ3n) is 12.1. The van der Waals surface area contributed by atoms with E-state index in [2.05, 4.69) is 15.2 Å². The molecule has 0 aliphatic carbocycles. The summed E-state index contributed by atoms with van der Waals surface area (Å²) in [6.45, 7) is 13.3. The van der Waals surface area contributed by atoms with Gasteiger partial charge in [0.25, 0.3) is 0 Å². The van der Waals surface area contributed by atoms with Gasteiger partial charge in [-0.1, -0.05) is 32.9 Å². The van der Waals surface area contributed by atoms with Crippen LogP contribution in [0.4, 0.5) is 5.82 Å². The van der Waals surface area contributed by atoms with Crippen molar-refractivity contribution >= 4 is 23.3 Å². The number of ether oxygens (including phenoxy) is 5. The maximum absolute atomic E-state index is 14.4. The smallest absolute Gasteiger partial charge is 0.316 e. The van der Waals surface area contributed by atoms with Gasteiger partial charge < -0.3 is 54.5 Å². The van der Waals surface area contributed by atoms with E-state index in [0.717, 1.165) is 0 Å². The average molecular weight is 817 g/mol.